The molecule has 0 bridgehead atoms. The third kappa shape index (κ3) is 70.0. The summed E-state index contributed by atoms with van der Waals surface area (Å²) in [4.78, 5) is 38.1. The molecule has 0 rings (SSSR count). The van der Waals surface area contributed by atoms with Crippen LogP contribution in [0.1, 0.15) is 322 Å². The van der Waals surface area contributed by atoms with Crippen LogP contribution in [0.2, 0.25) is 0 Å². The fraction of sp³-hybridized carbons (Fsp3) is 0.763. The summed E-state index contributed by atoms with van der Waals surface area (Å²) in [5.74, 6) is -0.826. The second-order valence-corrected chi connectivity index (χ2v) is 26.6. The molecule has 0 spiro atoms. The fourth-order valence-electron chi connectivity index (χ4n) is 10.1. The number of esters is 2. The lowest BCUT2D eigenvalue weighted by Gasteiger charge is -2.28. The Morgan fingerprint density at radius 3 is 0.988 bits per heavy atom. The Hall–Kier alpha value is -3.07. The third-order valence-electron chi connectivity index (χ3n) is 15.6. The van der Waals surface area contributed by atoms with Gasteiger partial charge >= 0.3 is 11.9 Å². The second kappa shape index (κ2) is 66.4. The maximum atomic E-state index is 12.9. The summed E-state index contributed by atoms with van der Waals surface area (Å²) in [6.45, 7) is 4.15. The van der Waals surface area contributed by atoms with Crippen LogP contribution in [0.3, 0.4) is 0 Å². The van der Waals surface area contributed by atoms with Gasteiger partial charge in [-0.25, -0.2) is 0 Å². The van der Waals surface area contributed by atoms with Crippen LogP contribution in [0.5, 0.6) is 0 Å². The van der Waals surface area contributed by atoms with Gasteiger partial charge < -0.3 is 27.9 Å². The van der Waals surface area contributed by atoms with Crippen LogP contribution < -0.4 is 4.89 Å². The highest BCUT2D eigenvalue weighted by atomic mass is 31.2. The van der Waals surface area contributed by atoms with Crippen LogP contribution in [0.15, 0.2) is 97.2 Å². The molecule has 0 saturated carbocycles. The van der Waals surface area contributed by atoms with Gasteiger partial charge in [-0.2, -0.15) is 0 Å². The first-order chi connectivity index (χ1) is 42.0. The van der Waals surface area contributed by atoms with Gasteiger partial charge in [-0.1, -0.05) is 310 Å². The molecule has 10 heteroatoms. The topological polar surface area (TPSA) is 111 Å². The Labute approximate surface area is 532 Å². The zero-order chi connectivity index (χ0) is 62.6. The van der Waals surface area contributed by atoms with Crippen molar-refractivity contribution in [2.75, 3.05) is 47.5 Å². The minimum atomic E-state index is -4.65. The summed E-state index contributed by atoms with van der Waals surface area (Å²) in [5.41, 5.74) is 0. The molecule has 0 amide bonds. The summed E-state index contributed by atoms with van der Waals surface area (Å²) in [7, 11) is 1.17. The Morgan fingerprint density at radius 2 is 0.663 bits per heavy atom. The minimum absolute atomic E-state index is 0.0331. The number of hydrogen-bond donors (Lipinski definition) is 0. The number of hydrogen-bond acceptors (Lipinski definition) is 8. The van der Waals surface area contributed by atoms with Gasteiger partial charge in [0.2, 0.25) is 0 Å². The molecule has 0 aromatic heterocycles. The Bertz CT molecular complexity index is 1770. The van der Waals surface area contributed by atoms with Crippen molar-refractivity contribution in [1.82, 2.24) is 0 Å². The van der Waals surface area contributed by atoms with E-state index in [0.717, 1.165) is 83.5 Å². The van der Waals surface area contributed by atoms with E-state index < -0.39 is 26.5 Å². The first kappa shape index (κ1) is 82.9. The van der Waals surface area contributed by atoms with E-state index in [2.05, 4.69) is 111 Å². The van der Waals surface area contributed by atoms with Crippen molar-refractivity contribution in [3.05, 3.63) is 97.2 Å². The van der Waals surface area contributed by atoms with Crippen molar-refractivity contribution in [1.29, 1.82) is 0 Å². The van der Waals surface area contributed by atoms with E-state index in [1.807, 2.05) is 21.1 Å². The molecular formula is C76H136NO8P. The molecule has 2 unspecified atom stereocenters. The number of phosphoric acid groups is 1. The maximum Gasteiger partial charge on any atom is 0.306 e. The Morgan fingerprint density at radius 1 is 0.372 bits per heavy atom. The van der Waals surface area contributed by atoms with E-state index in [1.54, 1.807) is 0 Å². The molecule has 0 aromatic rings. The zero-order valence-corrected chi connectivity index (χ0v) is 57.6. The highest BCUT2D eigenvalue weighted by Crippen LogP contribution is 2.38. The summed E-state index contributed by atoms with van der Waals surface area (Å²) in [6.07, 6.45) is 92.0. The molecule has 498 valence electrons. The number of carbonyl (C=O) groups is 2. The second-order valence-electron chi connectivity index (χ2n) is 25.2. The summed E-state index contributed by atoms with van der Waals surface area (Å²) in [6, 6.07) is 0. The van der Waals surface area contributed by atoms with E-state index in [-0.39, 0.29) is 32.0 Å². The Balaban J connectivity index is 4.02. The van der Waals surface area contributed by atoms with Crippen LogP contribution in [-0.4, -0.2) is 70.0 Å². The van der Waals surface area contributed by atoms with Gasteiger partial charge in [0.05, 0.1) is 27.7 Å². The normalized spacial score (nSPS) is 13.7. The number of carbonyl (C=O) groups excluding carboxylic acids is 2. The first-order valence-electron chi connectivity index (χ1n) is 35.9. The number of ether oxygens (including phenoxy) is 2. The van der Waals surface area contributed by atoms with Crippen LogP contribution in [-0.2, 0) is 32.7 Å². The van der Waals surface area contributed by atoms with Crippen LogP contribution in [0.25, 0.3) is 0 Å². The number of quaternary nitrogens is 1. The van der Waals surface area contributed by atoms with Gasteiger partial charge in [0, 0.05) is 12.8 Å². The van der Waals surface area contributed by atoms with Crippen LogP contribution in [0, 0.1) is 0 Å². The monoisotopic (exact) mass is 1220 g/mol. The summed E-state index contributed by atoms with van der Waals surface area (Å²) < 4.78 is 34.3. The SMILES string of the molecule is CC/C=C\C/C=C\C/C=C\C/C=C\C/C=C\CCCCCCCCCCCCCCCC(=O)OC(COC(=O)CCCCCCCCCCCCCCCCCCCC/C=C\C/C=C\C/C=C\CCCCCCC)COP(=O)([O-])OCC[N+](C)(C)C. The van der Waals surface area contributed by atoms with Crippen molar-refractivity contribution < 1.29 is 42.1 Å². The first-order valence-corrected chi connectivity index (χ1v) is 37.4. The highest BCUT2D eigenvalue weighted by Gasteiger charge is 2.22. The van der Waals surface area contributed by atoms with Crippen molar-refractivity contribution in [2.24, 2.45) is 0 Å². The number of allylic oxidation sites excluding steroid dienone is 16. The van der Waals surface area contributed by atoms with Crippen molar-refractivity contribution >= 4 is 19.8 Å². The van der Waals surface area contributed by atoms with Crippen LogP contribution >= 0.6 is 7.82 Å². The van der Waals surface area contributed by atoms with E-state index in [4.69, 9.17) is 18.5 Å². The molecule has 0 radical (unpaired) electrons. The molecule has 0 aliphatic rings. The van der Waals surface area contributed by atoms with Gasteiger partial charge in [0.25, 0.3) is 7.82 Å². The Kier molecular flexibility index (Phi) is 64.0. The summed E-state index contributed by atoms with van der Waals surface area (Å²) in [5, 5.41) is 0. The lowest BCUT2D eigenvalue weighted by atomic mass is 10.0. The van der Waals surface area contributed by atoms with E-state index >= 15 is 0 Å². The van der Waals surface area contributed by atoms with Crippen molar-refractivity contribution in [3.8, 4) is 0 Å². The van der Waals surface area contributed by atoms with Gasteiger partial charge in [0.1, 0.15) is 19.8 Å². The van der Waals surface area contributed by atoms with Gasteiger partial charge in [0.15, 0.2) is 6.10 Å². The average Bonchev–Trinajstić information content (AvgIpc) is 3.67. The van der Waals surface area contributed by atoms with Gasteiger partial charge in [-0.3, -0.25) is 14.2 Å². The van der Waals surface area contributed by atoms with Gasteiger partial charge in [-0.05, 0) is 96.3 Å². The average molecular weight is 1220 g/mol. The lowest BCUT2D eigenvalue weighted by Crippen LogP contribution is -2.37. The van der Waals surface area contributed by atoms with E-state index in [9.17, 15) is 19.0 Å². The number of phosphoric ester groups is 1. The molecule has 0 aliphatic carbocycles. The predicted molar refractivity (Wildman–Crippen MR) is 369 cm³/mol. The zero-order valence-electron chi connectivity index (χ0n) is 56.7. The molecule has 0 fully saturated rings. The van der Waals surface area contributed by atoms with Crippen LogP contribution in [0.4, 0.5) is 0 Å². The fourth-order valence-corrected chi connectivity index (χ4v) is 10.8. The number of rotatable bonds is 66. The molecular weight excluding hydrogens is 1090 g/mol. The van der Waals surface area contributed by atoms with Crippen molar-refractivity contribution in [3.63, 3.8) is 0 Å². The number of likely N-dealkylation sites (N-methyl/N-ethyl adjacent to an activating group) is 1. The largest absolute Gasteiger partial charge is 0.756 e. The summed E-state index contributed by atoms with van der Waals surface area (Å²) >= 11 is 0. The van der Waals surface area contributed by atoms with Gasteiger partial charge in [-0.15, -0.1) is 0 Å². The lowest BCUT2D eigenvalue weighted by molar-refractivity contribution is -0.870. The third-order valence-corrected chi connectivity index (χ3v) is 16.6. The molecule has 0 aliphatic heterocycles. The molecule has 86 heavy (non-hydrogen) atoms. The quantitative estimate of drug-likeness (QED) is 0.0195. The number of nitrogens with zero attached hydrogens (tertiary/aromatic N) is 1. The molecule has 0 saturated heterocycles. The van der Waals surface area contributed by atoms with Crippen molar-refractivity contribution in [2.45, 2.75) is 328 Å². The molecule has 0 heterocycles. The standard InChI is InChI=1S/C76H136NO8P/c1-6-8-10-12-14-16-18-20-22-24-26-28-30-32-34-36-37-38-39-41-42-44-46-48-50-52-54-56-58-60-62-64-66-68-75(78)82-72-74(73-84-86(80,81)83-71-70-77(3,4)5)85-76(79)69-67-65-63-61-59-57-55-53-51-49-47-45-43-40-35-33-31-29-27-25-23-21-19-17-15-13-11-9-7-2/h9,11,15,17-18,20-21,23-24,26-27,29-30,32-33,35,74H,6-8,10,12-14,16,19,22,25,28,31,34,36-73H2,1-5H3/b11-9-,17-15-,20-18-,23-21-,26-24-,29-27-,32-30-,35-33-. The molecule has 2 atom stereocenters. The van der Waals surface area contributed by atoms with E-state index in [1.165, 1.54) is 205 Å². The maximum absolute atomic E-state index is 12.9. The number of unbranched alkanes of at least 4 members (excludes halogenated alkanes) is 36. The predicted octanol–water partition coefficient (Wildman–Crippen LogP) is 22.9. The molecule has 0 aromatic carbocycles. The van der Waals surface area contributed by atoms with E-state index in [0.29, 0.717) is 17.4 Å². The molecule has 0 N–H and O–H groups in total. The minimum Gasteiger partial charge on any atom is -0.756 e. The highest BCUT2D eigenvalue weighted by molar-refractivity contribution is 7.45. The smallest absolute Gasteiger partial charge is 0.306 e. The molecule has 9 nitrogen and oxygen atoms in total.